The van der Waals surface area contributed by atoms with Crippen molar-refractivity contribution in [3.63, 3.8) is 0 Å². The first-order chi connectivity index (χ1) is 1.00. The molecule has 4 heavy (non-hydrogen) atoms. The van der Waals surface area contributed by atoms with Crippen molar-refractivity contribution in [1.82, 2.24) is 0 Å². The second-order valence-electron chi connectivity index (χ2n) is 0. The van der Waals surface area contributed by atoms with E-state index in [9.17, 15) is 0 Å². The van der Waals surface area contributed by atoms with Crippen molar-refractivity contribution >= 4 is 42.3 Å². The van der Waals surface area contributed by atoms with Gasteiger partial charge < -0.3 is 0 Å². The van der Waals surface area contributed by atoms with Crippen molar-refractivity contribution in [1.29, 1.82) is 0 Å². The van der Waals surface area contributed by atoms with Crippen molar-refractivity contribution in [3.05, 3.63) is 0 Å². The molecule has 0 saturated carbocycles. The molecule has 0 fully saturated rings. The van der Waals surface area contributed by atoms with E-state index in [1.807, 2.05) is 0 Å². The Balaban J connectivity index is -0.00000000500. The Morgan fingerprint density at radius 2 is 1.25 bits per heavy atom. The van der Waals surface area contributed by atoms with Crippen LogP contribution in [-0.4, -0.2) is 42.3 Å². The van der Waals surface area contributed by atoms with Crippen LogP contribution in [0.25, 0.3) is 0 Å². The summed E-state index contributed by atoms with van der Waals surface area (Å²) in [6, 6.07) is 0. The summed E-state index contributed by atoms with van der Waals surface area (Å²) < 4.78 is 8.34. The van der Waals surface area contributed by atoms with Crippen molar-refractivity contribution in [2.75, 3.05) is 0 Å². The summed E-state index contributed by atoms with van der Waals surface area (Å²) in [4.78, 5) is 0. The Bertz CT molecular complexity index is 8.00. The molecule has 0 aromatic heterocycles. The topological polar surface area (TPSA) is 17.1 Å². The molecule has 0 aromatic rings. The molecule has 0 bridgehead atoms. The zero-order chi connectivity index (χ0) is 2.00. The molecule has 15 valence electrons. The average Bonchev–Trinajstić information content (AvgIpc) is 1.00. The molecular weight excluding hydrogens is 317 g/mol. The maximum atomic E-state index is 8.34. The zero-order valence-electron chi connectivity index (χ0n) is 2.19. The predicted octanol–water partition coefficient (Wildman–Crippen LogP) is -0.883. The molecule has 0 aromatic carbocycles. The Morgan fingerprint density at radius 3 is 1.25 bits per heavy atom. The van der Waals surface area contributed by atoms with E-state index in [1.165, 1.54) is 0 Å². The second-order valence-corrected chi connectivity index (χ2v) is 0. The first kappa shape index (κ1) is 16.4. The molecule has 0 amide bonds. The van der Waals surface area contributed by atoms with Crippen molar-refractivity contribution in [2.45, 2.75) is 0 Å². The minimum absolute atomic E-state index is 0. The van der Waals surface area contributed by atoms with Crippen LogP contribution in [0, 0.1) is 0 Å². The third-order valence-corrected chi connectivity index (χ3v) is 0. The molecule has 0 rings (SSSR count). The van der Waals surface area contributed by atoms with Gasteiger partial charge in [-0.3, -0.25) is 0 Å². The first-order valence-electron chi connectivity index (χ1n) is 0.204. The third kappa shape index (κ3) is 8.90. The van der Waals surface area contributed by atoms with Crippen LogP contribution in [0.4, 0.5) is 0 Å². The van der Waals surface area contributed by atoms with Gasteiger partial charge in [0.05, 0.1) is 0 Å². The average molecular weight is 317 g/mol. The summed E-state index contributed by atoms with van der Waals surface area (Å²) in [6.07, 6.45) is 0. The van der Waals surface area contributed by atoms with E-state index in [2.05, 4.69) is 0 Å². The Hall–Kier alpha value is 2.16. The van der Waals surface area contributed by atoms with Gasteiger partial charge in [0.25, 0.3) is 0 Å². The minimum atomic E-state index is 0. The molecule has 1 nitrogen and oxygen atoms in total. The Morgan fingerprint density at radius 1 is 1.25 bits per heavy atom. The fourth-order valence-corrected chi connectivity index (χ4v) is 0. The molecule has 0 aliphatic rings. The molecule has 0 aliphatic carbocycles. The van der Waals surface area contributed by atoms with E-state index in [0.717, 1.165) is 0 Å². The Kier molecular flexibility index (Phi) is 78.7. The van der Waals surface area contributed by atoms with Gasteiger partial charge in [0.1, 0.15) is 0 Å². The van der Waals surface area contributed by atoms with Gasteiger partial charge in [-0.25, -0.2) is 0 Å². The van der Waals surface area contributed by atoms with Crippen molar-refractivity contribution in [2.24, 2.45) is 0 Å². The van der Waals surface area contributed by atoms with Gasteiger partial charge in [0.15, 0.2) is 0 Å². The van der Waals surface area contributed by atoms with Gasteiger partial charge >= 0.3 is 25.6 Å². The molecule has 0 spiro atoms. The van der Waals surface area contributed by atoms with Crippen LogP contribution < -0.4 is 0 Å². The van der Waals surface area contributed by atoms with E-state index in [0.29, 0.717) is 22.5 Å². The number of hydrogen-bond donors (Lipinski definition) is 0. The Labute approximate surface area is 71.6 Å². The van der Waals surface area contributed by atoms with E-state index in [-0.39, 0.29) is 47.1 Å². The van der Waals surface area contributed by atoms with Gasteiger partial charge in [0.2, 0.25) is 0 Å². The van der Waals surface area contributed by atoms with Gasteiger partial charge in [-0.2, -0.15) is 0 Å². The fourth-order valence-electron chi connectivity index (χ4n) is 0. The van der Waals surface area contributed by atoms with Gasteiger partial charge in [-0.15, -0.1) is 0 Å². The first-order valence-corrected chi connectivity index (χ1v) is 1.37. The van der Waals surface area contributed by atoms with E-state index in [4.69, 9.17) is 3.08 Å². The van der Waals surface area contributed by atoms with Crippen LogP contribution in [0.3, 0.4) is 0 Å². The van der Waals surface area contributed by atoms with Gasteiger partial charge in [-0.1, -0.05) is 0 Å². The van der Waals surface area contributed by atoms with Crippen molar-refractivity contribution < 1.29 is 30.4 Å². The molecule has 0 heterocycles. The summed E-state index contributed by atoms with van der Waals surface area (Å²) in [5.74, 6) is 0. The normalized spacial score (nSPS) is 1.00. The predicted molar refractivity (Wildman–Crippen MR) is 12.2 cm³/mol. The summed E-state index contributed by atoms with van der Waals surface area (Å²) in [6.45, 7) is 0. The van der Waals surface area contributed by atoms with E-state index >= 15 is 0 Å². The standard InChI is InChI=1S/Cd.Ga.O.Sn. The maximum absolute atomic E-state index is 8.34. The number of rotatable bonds is 0. The summed E-state index contributed by atoms with van der Waals surface area (Å²) in [7, 11) is 0. The van der Waals surface area contributed by atoms with Crippen LogP contribution in [0.1, 0.15) is 0 Å². The molecule has 0 N–H and O–H groups in total. The molecule has 0 atom stereocenters. The summed E-state index contributed by atoms with van der Waals surface area (Å²) in [5.41, 5.74) is 0. The van der Waals surface area contributed by atoms with Gasteiger partial charge in [0, 0.05) is 47.1 Å². The van der Waals surface area contributed by atoms with E-state index in [1.54, 1.807) is 0 Å². The second kappa shape index (κ2) is 19.2. The quantitative estimate of drug-likeness (QED) is 0.530. The van der Waals surface area contributed by atoms with Crippen LogP contribution in [-0.2, 0) is 30.4 Å². The molecule has 4 heteroatoms. The number of hydrogen-bond acceptors (Lipinski definition) is 1. The third-order valence-electron chi connectivity index (χ3n) is 0. The molecule has 0 saturated heterocycles. The molecule has 5 radical (unpaired) electrons. The van der Waals surface area contributed by atoms with Crippen LogP contribution in [0.15, 0.2) is 0 Å². The molecule has 0 unspecified atom stereocenters. The van der Waals surface area contributed by atoms with Gasteiger partial charge in [-0.05, 0) is 0 Å². The van der Waals surface area contributed by atoms with Crippen molar-refractivity contribution in [3.8, 4) is 0 Å². The molecular formula is CdGaOSn. The summed E-state index contributed by atoms with van der Waals surface area (Å²) >= 11 is 0.300. The molecule has 0 aliphatic heterocycles. The monoisotopic (exact) mass is 319 g/mol. The SMILES string of the molecule is [Cd].[Ga].[O]=[Sn]. The van der Waals surface area contributed by atoms with Crippen LogP contribution in [0.2, 0.25) is 0 Å². The summed E-state index contributed by atoms with van der Waals surface area (Å²) in [5, 5.41) is 0. The van der Waals surface area contributed by atoms with Crippen LogP contribution >= 0.6 is 0 Å². The van der Waals surface area contributed by atoms with Crippen LogP contribution in [0.5, 0.6) is 0 Å². The van der Waals surface area contributed by atoms with E-state index < -0.39 is 0 Å². The fraction of sp³-hybridized carbons (Fsp3) is 0. The zero-order valence-corrected chi connectivity index (χ0v) is 11.5.